The molecule has 0 aliphatic carbocycles. The van der Waals surface area contributed by atoms with Gasteiger partial charge in [0.2, 0.25) is 0 Å². The molecule has 148 valence electrons. The Balaban J connectivity index is 1.42. The van der Waals surface area contributed by atoms with Gasteiger partial charge in [0.15, 0.2) is 5.76 Å². The van der Waals surface area contributed by atoms with Crippen LogP contribution in [0.25, 0.3) is 0 Å². The first kappa shape index (κ1) is 19.0. The number of nitrogens with zero attached hydrogens (tertiary/aromatic N) is 4. The monoisotopic (exact) mass is 409 g/mol. The number of furan rings is 1. The fourth-order valence-electron chi connectivity index (χ4n) is 3.12. The fraction of sp³-hybridized carbons (Fsp3) is 0.190. The van der Waals surface area contributed by atoms with Gasteiger partial charge < -0.3 is 9.73 Å². The first-order chi connectivity index (χ1) is 14.0. The molecule has 0 aliphatic rings. The molecule has 7 nitrogen and oxygen atoms in total. The van der Waals surface area contributed by atoms with Crippen LogP contribution in [0.5, 0.6) is 0 Å². The highest BCUT2D eigenvalue weighted by molar-refractivity contribution is 6.30. The van der Waals surface area contributed by atoms with Crippen LogP contribution >= 0.6 is 11.6 Å². The highest BCUT2D eigenvalue weighted by Gasteiger charge is 2.13. The van der Waals surface area contributed by atoms with E-state index in [4.69, 9.17) is 16.0 Å². The Labute approximate surface area is 172 Å². The lowest BCUT2D eigenvalue weighted by molar-refractivity contribution is 0.0994. The van der Waals surface area contributed by atoms with Crippen LogP contribution < -0.4 is 5.32 Å². The zero-order chi connectivity index (χ0) is 20.4. The number of hydrogen-bond acceptors (Lipinski definition) is 4. The summed E-state index contributed by atoms with van der Waals surface area (Å²) in [4.78, 5) is 12.6. The Morgan fingerprint density at radius 2 is 2.03 bits per heavy atom. The van der Waals surface area contributed by atoms with Crippen LogP contribution in [-0.4, -0.2) is 25.5 Å². The molecule has 0 aliphatic heterocycles. The van der Waals surface area contributed by atoms with Gasteiger partial charge in [-0.05, 0) is 49.7 Å². The summed E-state index contributed by atoms with van der Waals surface area (Å²) in [6.07, 6.45) is 3.34. The topological polar surface area (TPSA) is 77.9 Å². The van der Waals surface area contributed by atoms with E-state index in [1.165, 1.54) is 0 Å². The second-order valence-electron chi connectivity index (χ2n) is 6.86. The molecule has 0 saturated heterocycles. The van der Waals surface area contributed by atoms with Crippen molar-refractivity contribution in [2.75, 3.05) is 5.32 Å². The van der Waals surface area contributed by atoms with Crippen molar-refractivity contribution in [1.29, 1.82) is 0 Å². The van der Waals surface area contributed by atoms with Crippen molar-refractivity contribution in [2.45, 2.75) is 26.9 Å². The van der Waals surface area contributed by atoms with E-state index in [0.29, 0.717) is 29.6 Å². The van der Waals surface area contributed by atoms with Crippen molar-refractivity contribution in [2.24, 2.45) is 0 Å². The lowest BCUT2D eigenvalue weighted by atomic mass is 10.2. The third-order valence-corrected chi connectivity index (χ3v) is 4.62. The van der Waals surface area contributed by atoms with Crippen LogP contribution in [-0.2, 0) is 13.1 Å². The lowest BCUT2D eigenvalue weighted by Crippen LogP contribution is -2.11. The number of aromatic nitrogens is 4. The summed E-state index contributed by atoms with van der Waals surface area (Å²) in [5.74, 6) is 0.625. The fourth-order valence-corrected chi connectivity index (χ4v) is 3.28. The summed E-state index contributed by atoms with van der Waals surface area (Å²) in [5, 5.41) is 12.0. The molecule has 1 N–H and O–H groups in total. The Morgan fingerprint density at radius 1 is 1.17 bits per heavy atom. The van der Waals surface area contributed by atoms with Crippen LogP contribution in [0.3, 0.4) is 0 Å². The van der Waals surface area contributed by atoms with Crippen molar-refractivity contribution in [1.82, 2.24) is 19.6 Å². The maximum atomic E-state index is 12.6. The molecule has 0 saturated carbocycles. The number of hydrogen-bond donors (Lipinski definition) is 1. The molecular weight excluding hydrogens is 390 g/mol. The number of carbonyl (C=O) groups is 1. The number of benzene rings is 1. The molecule has 0 bridgehead atoms. The van der Waals surface area contributed by atoms with Crippen molar-refractivity contribution in [3.63, 3.8) is 0 Å². The molecule has 1 amide bonds. The average molecular weight is 410 g/mol. The number of carbonyl (C=O) groups excluding carboxylic acids is 1. The lowest BCUT2D eigenvalue weighted by Gasteiger charge is -2.07. The maximum Gasteiger partial charge on any atom is 0.291 e. The molecule has 0 spiro atoms. The van der Waals surface area contributed by atoms with Gasteiger partial charge in [0.05, 0.1) is 30.0 Å². The van der Waals surface area contributed by atoms with Crippen LogP contribution in [0.2, 0.25) is 5.02 Å². The normalized spacial score (nSPS) is 11.0. The number of halogens is 1. The molecule has 1 aromatic carbocycles. The predicted molar refractivity (Wildman–Crippen MR) is 110 cm³/mol. The van der Waals surface area contributed by atoms with Gasteiger partial charge >= 0.3 is 0 Å². The highest BCUT2D eigenvalue weighted by Crippen LogP contribution is 2.16. The smallest absolute Gasteiger partial charge is 0.291 e. The van der Waals surface area contributed by atoms with E-state index in [0.717, 1.165) is 17.0 Å². The van der Waals surface area contributed by atoms with E-state index in [-0.39, 0.29) is 11.7 Å². The molecule has 4 rings (SSSR count). The summed E-state index contributed by atoms with van der Waals surface area (Å²) in [5.41, 5.74) is 3.67. The van der Waals surface area contributed by atoms with Gasteiger partial charge in [0.1, 0.15) is 5.76 Å². The van der Waals surface area contributed by atoms with E-state index in [1.54, 1.807) is 29.2 Å². The molecule has 3 heterocycles. The quantitative estimate of drug-likeness (QED) is 0.515. The number of anilines is 1. The molecule has 3 aromatic heterocycles. The van der Waals surface area contributed by atoms with Crippen LogP contribution in [0.15, 0.2) is 59.3 Å². The van der Waals surface area contributed by atoms with Crippen molar-refractivity contribution >= 4 is 23.2 Å². The maximum absolute atomic E-state index is 12.6. The van der Waals surface area contributed by atoms with Gasteiger partial charge in [-0.3, -0.25) is 14.2 Å². The van der Waals surface area contributed by atoms with Crippen LogP contribution in [0.4, 0.5) is 5.69 Å². The van der Waals surface area contributed by atoms with Crippen LogP contribution in [0, 0.1) is 13.8 Å². The average Bonchev–Trinajstić information content (AvgIpc) is 3.37. The van der Waals surface area contributed by atoms with Gasteiger partial charge in [0.25, 0.3) is 5.91 Å². The van der Waals surface area contributed by atoms with Crippen LogP contribution in [0.1, 0.15) is 33.3 Å². The zero-order valence-corrected chi connectivity index (χ0v) is 16.8. The summed E-state index contributed by atoms with van der Waals surface area (Å²) in [7, 11) is 0. The molecule has 0 radical (unpaired) electrons. The van der Waals surface area contributed by atoms with E-state index in [1.807, 2.05) is 48.9 Å². The Kier molecular flexibility index (Phi) is 5.22. The molecule has 8 heteroatoms. The minimum absolute atomic E-state index is 0.255. The molecule has 0 atom stereocenters. The Bertz CT molecular complexity index is 1160. The third kappa shape index (κ3) is 4.57. The Morgan fingerprint density at radius 3 is 2.76 bits per heavy atom. The summed E-state index contributed by atoms with van der Waals surface area (Å²) < 4.78 is 9.30. The van der Waals surface area contributed by atoms with Gasteiger partial charge in [-0.25, -0.2) is 0 Å². The molecule has 4 aromatic rings. The van der Waals surface area contributed by atoms with E-state index in [9.17, 15) is 4.79 Å². The first-order valence-electron chi connectivity index (χ1n) is 9.14. The number of nitrogens with one attached hydrogen (secondary N) is 1. The zero-order valence-electron chi connectivity index (χ0n) is 16.1. The van der Waals surface area contributed by atoms with Crippen molar-refractivity contribution in [3.05, 3.63) is 88.4 Å². The van der Waals surface area contributed by atoms with Gasteiger partial charge in [0, 0.05) is 17.6 Å². The second-order valence-corrected chi connectivity index (χ2v) is 7.30. The Hall–Kier alpha value is -3.32. The summed E-state index contributed by atoms with van der Waals surface area (Å²) in [6, 6.07) is 13.0. The minimum atomic E-state index is -0.302. The van der Waals surface area contributed by atoms with E-state index >= 15 is 0 Å². The van der Waals surface area contributed by atoms with Gasteiger partial charge in [-0.1, -0.05) is 23.7 Å². The third-order valence-electron chi connectivity index (χ3n) is 4.43. The number of aryl methyl sites for hydroxylation is 2. The number of rotatable bonds is 6. The van der Waals surface area contributed by atoms with E-state index < -0.39 is 0 Å². The number of amides is 1. The highest BCUT2D eigenvalue weighted by atomic mass is 35.5. The van der Waals surface area contributed by atoms with Crippen molar-refractivity contribution in [3.8, 4) is 0 Å². The van der Waals surface area contributed by atoms with Gasteiger partial charge in [-0.2, -0.15) is 10.2 Å². The molecule has 29 heavy (non-hydrogen) atoms. The second kappa shape index (κ2) is 7.97. The first-order valence-corrected chi connectivity index (χ1v) is 9.52. The standard InChI is InChI=1S/C21H20ClN5O2/c1-14-8-15(2)27(25-14)13-19-6-7-20(29-19)21(28)24-18-5-3-4-16(9-18)11-26-12-17(22)10-23-26/h3-10,12H,11,13H2,1-2H3,(H,24,28). The summed E-state index contributed by atoms with van der Waals surface area (Å²) in [6.45, 7) is 4.97. The van der Waals surface area contributed by atoms with E-state index in [2.05, 4.69) is 15.5 Å². The molecule has 0 fully saturated rings. The predicted octanol–water partition coefficient (Wildman–Crippen LogP) is 4.29. The molecule has 0 unspecified atom stereocenters. The summed E-state index contributed by atoms with van der Waals surface area (Å²) >= 11 is 5.90. The SMILES string of the molecule is Cc1cc(C)n(Cc2ccc(C(=O)Nc3cccc(Cn4cc(Cl)cn4)c3)o2)n1. The minimum Gasteiger partial charge on any atom is -0.454 e. The van der Waals surface area contributed by atoms with Crippen molar-refractivity contribution < 1.29 is 9.21 Å². The van der Waals surface area contributed by atoms with Gasteiger partial charge in [-0.15, -0.1) is 0 Å². The molecular formula is C21H20ClN5O2. The largest absolute Gasteiger partial charge is 0.454 e.